The third kappa shape index (κ3) is 4.95. The van der Waals surface area contributed by atoms with E-state index in [0.29, 0.717) is 11.7 Å². The van der Waals surface area contributed by atoms with E-state index in [2.05, 4.69) is 11.9 Å². The number of amides is 1. The molecule has 156 valence electrons. The highest BCUT2D eigenvalue weighted by molar-refractivity contribution is 8.14. The highest BCUT2D eigenvalue weighted by Gasteiger charge is 2.34. The molecule has 1 saturated carbocycles. The first-order valence-electron chi connectivity index (χ1n) is 9.92. The number of esters is 1. The van der Waals surface area contributed by atoms with Crippen LogP contribution in [0.5, 0.6) is 0 Å². The Morgan fingerprint density at radius 3 is 2.52 bits per heavy atom. The molecule has 3 rings (SSSR count). The number of benzene rings is 1. The van der Waals surface area contributed by atoms with Gasteiger partial charge in [-0.2, -0.15) is 0 Å². The monoisotopic (exact) mass is 419 g/mol. The van der Waals surface area contributed by atoms with Crippen molar-refractivity contribution in [2.75, 3.05) is 13.2 Å². The van der Waals surface area contributed by atoms with Crippen molar-refractivity contribution in [3.05, 3.63) is 39.4 Å². The van der Waals surface area contributed by atoms with Crippen molar-refractivity contribution in [2.45, 2.75) is 57.2 Å². The standard InChI is InChI=1S/C20H25N3O5S/c1-3-28-19(25)15-9-14(10-17(11-15)23(26)27)18(24)22(16-7-5-4-6-8-16)20-21-12-13(2)29-20/h9-11,13,16H,3-8,12H2,1-2H3/t13-/m1/s1. The normalized spacial score (nSPS) is 19.5. The Morgan fingerprint density at radius 2 is 1.93 bits per heavy atom. The second-order valence-corrected chi connectivity index (χ2v) is 8.67. The lowest BCUT2D eigenvalue weighted by Crippen LogP contribution is -2.44. The second-order valence-electron chi connectivity index (χ2n) is 7.26. The van der Waals surface area contributed by atoms with Crippen LogP contribution in [0.15, 0.2) is 23.2 Å². The summed E-state index contributed by atoms with van der Waals surface area (Å²) in [4.78, 5) is 42.7. The van der Waals surface area contributed by atoms with E-state index in [0.717, 1.165) is 38.2 Å². The van der Waals surface area contributed by atoms with Crippen molar-refractivity contribution in [3.63, 3.8) is 0 Å². The molecule has 0 spiro atoms. The third-order valence-electron chi connectivity index (χ3n) is 5.04. The predicted molar refractivity (Wildman–Crippen MR) is 111 cm³/mol. The fourth-order valence-electron chi connectivity index (χ4n) is 3.65. The number of nitro benzene ring substituents is 1. The molecule has 1 atom stereocenters. The fraction of sp³-hybridized carbons (Fsp3) is 0.550. The molecule has 0 unspecified atom stereocenters. The van der Waals surface area contributed by atoms with E-state index in [-0.39, 0.29) is 40.6 Å². The smallest absolute Gasteiger partial charge is 0.338 e. The minimum Gasteiger partial charge on any atom is -0.462 e. The van der Waals surface area contributed by atoms with E-state index in [1.165, 1.54) is 12.1 Å². The van der Waals surface area contributed by atoms with E-state index in [4.69, 9.17) is 4.74 Å². The molecule has 0 bridgehead atoms. The molecule has 2 aliphatic rings. The Bertz CT molecular complexity index is 835. The summed E-state index contributed by atoms with van der Waals surface area (Å²) in [6.45, 7) is 4.49. The Labute approximate surface area is 173 Å². The molecule has 1 aliphatic heterocycles. The van der Waals surface area contributed by atoms with Gasteiger partial charge in [-0.25, -0.2) is 4.79 Å². The molecular weight excluding hydrogens is 394 g/mol. The summed E-state index contributed by atoms with van der Waals surface area (Å²) in [6, 6.07) is 3.76. The van der Waals surface area contributed by atoms with Crippen LogP contribution in [0.2, 0.25) is 0 Å². The Balaban J connectivity index is 1.99. The molecule has 0 saturated heterocycles. The molecule has 0 aromatic heterocycles. The number of thioether (sulfide) groups is 1. The minimum atomic E-state index is -0.685. The van der Waals surface area contributed by atoms with Crippen LogP contribution in [0.1, 0.15) is 66.7 Å². The van der Waals surface area contributed by atoms with Crippen molar-refractivity contribution < 1.29 is 19.2 Å². The summed E-state index contributed by atoms with van der Waals surface area (Å²) in [5.41, 5.74) is -0.199. The highest BCUT2D eigenvalue weighted by Crippen LogP contribution is 2.32. The number of hydrogen-bond donors (Lipinski definition) is 0. The van der Waals surface area contributed by atoms with Gasteiger partial charge in [0.15, 0.2) is 5.17 Å². The largest absolute Gasteiger partial charge is 0.462 e. The lowest BCUT2D eigenvalue weighted by molar-refractivity contribution is -0.384. The summed E-state index contributed by atoms with van der Waals surface area (Å²) in [6.07, 6.45) is 4.95. The number of aliphatic imine (C=N–C) groups is 1. The molecule has 8 nitrogen and oxygen atoms in total. The number of nitro groups is 1. The SMILES string of the molecule is CCOC(=O)c1cc(C(=O)N(C2=NC[C@@H](C)S2)C2CCCCC2)cc([N+](=O)[O-])c1. The molecule has 0 radical (unpaired) electrons. The molecule has 1 aromatic carbocycles. The van der Waals surface area contributed by atoms with Crippen LogP contribution in [0.4, 0.5) is 5.69 Å². The fourth-order valence-corrected chi connectivity index (χ4v) is 4.66. The molecular formula is C20H25N3O5S. The number of rotatable bonds is 5. The number of amidine groups is 1. The van der Waals surface area contributed by atoms with Crippen LogP contribution in [0.3, 0.4) is 0 Å². The van der Waals surface area contributed by atoms with E-state index in [1.807, 2.05) is 0 Å². The maximum atomic E-state index is 13.5. The highest BCUT2D eigenvalue weighted by atomic mass is 32.2. The number of ether oxygens (including phenoxy) is 1. The van der Waals surface area contributed by atoms with Crippen molar-refractivity contribution >= 4 is 34.5 Å². The van der Waals surface area contributed by atoms with E-state index < -0.39 is 10.9 Å². The van der Waals surface area contributed by atoms with Crippen molar-refractivity contribution in [1.82, 2.24) is 4.90 Å². The van der Waals surface area contributed by atoms with Crippen molar-refractivity contribution in [2.24, 2.45) is 4.99 Å². The molecule has 1 amide bonds. The maximum absolute atomic E-state index is 13.5. The van der Waals surface area contributed by atoms with Gasteiger partial charge in [-0.3, -0.25) is 24.8 Å². The lowest BCUT2D eigenvalue weighted by Gasteiger charge is -2.34. The van der Waals surface area contributed by atoms with E-state index in [1.54, 1.807) is 23.6 Å². The summed E-state index contributed by atoms with van der Waals surface area (Å²) in [7, 11) is 0. The van der Waals surface area contributed by atoms with Crippen LogP contribution in [0.25, 0.3) is 0 Å². The van der Waals surface area contributed by atoms with Gasteiger partial charge >= 0.3 is 5.97 Å². The first kappa shape index (κ1) is 21.3. The van der Waals surface area contributed by atoms with Gasteiger partial charge in [-0.05, 0) is 25.8 Å². The van der Waals surface area contributed by atoms with Gasteiger partial charge in [0.2, 0.25) is 0 Å². The average molecular weight is 420 g/mol. The number of carbonyl (C=O) groups excluding carboxylic acids is 2. The Hall–Kier alpha value is -2.42. The van der Waals surface area contributed by atoms with Gasteiger partial charge < -0.3 is 4.74 Å². The van der Waals surface area contributed by atoms with E-state index >= 15 is 0 Å². The molecule has 9 heteroatoms. The van der Waals surface area contributed by atoms with Gasteiger partial charge in [0.25, 0.3) is 11.6 Å². The summed E-state index contributed by atoms with van der Waals surface area (Å²) < 4.78 is 4.97. The van der Waals surface area contributed by atoms with Crippen LogP contribution in [0, 0.1) is 10.1 Å². The number of carbonyl (C=O) groups is 2. The van der Waals surface area contributed by atoms with Crippen LogP contribution >= 0.6 is 11.8 Å². The zero-order valence-electron chi connectivity index (χ0n) is 16.6. The zero-order valence-corrected chi connectivity index (χ0v) is 17.4. The average Bonchev–Trinajstić information content (AvgIpc) is 3.14. The Morgan fingerprint density at radius 1 is 1.24 bits per heavy atom. The summed E-state index contributed by atoms with van der Waals surface area (Å²) >= 11 is 1.55. The molecule has 1 heterocycles. The van der Waals surface area contributed by atoms with Crippen LogP contribution < -0.4 is 0 Å². The number of nitrogens with zero attached hydrogens (tertiary/aromatic N) is 3. The molecule has 1 aliphatic carbocycles. The zero-order chi connectivity index (χ0) is 21.0. The van der Waals surface area contributed by atoms with Gasteiger partial charge in [0.05, 0.1) is 23.6 Å². The minimum absolute atomic E-state index is 0.00220. The molecule has 29 heavy (non-hydrogen) atoms. The topological polar surface area (TPSA) is 102 Å². The molecule has 1 aromatic rings. The lowest BCUT2D eigenvalue weighted by atomic mass is 9.94. The Kier molecular flexibility index (Phi) is 6.89. The van der Waals surface area contributed by atoms with Crippen molar-refractivity contribution in [1.29, 1.82) is 0 Å². The van der Waals surface area contributed by atoms with Crippen LogP contribution in [-0.2, 0) is 4.74 Å². The third-order valence-corrected chi connectivity index (χ3v) is 6.13. The number of non-ortho nitro benzene ring substituents is 1. The predicted octanol–water partition coefficient (Wildman–Crippen LogP) is 4.04. The van der Waals surface area contributed by atoms with E-state index in [9.17, 15) is 19.7 Å². The van der Waals surface area contributed by atoms with Gasteiger partial charge in [-0.15, -0.1) is 0 Å². The van der Waals surface area contributed by atoms with Gasteiger partial charge in [0.1, 0.15) is 0 Å². The molecule has 1 fully saturated rings. The summed E-state index contributed by atoms with van der Waals surface area (Å²) in [5, 5.41) is 12.3. The molecule has 0 N–H and O–H groups in total. The first-order chi connectivity index (χ1) is 13.9. The second kappa shape index (κ2) is 9.39. The quantitative estimate of drug-likeness (QED) is 0.405. The van der Waals surface area contributed by atoms with Gasteiger partial charge in [-0.1, -0.05) is 37.9 Å². The van der Waals surface area contributed by atoms with Crippen molar-refractivity contribution in [3.8, 4) is 0 Å². The maximum Gasteiger partial charge on any atom is 0.338 e. The first-order valence-corrected chi connectivity index (χ1v) is 10.8. The van der Waals surface area contributed by atoms with Crippen LogP contribution in [-0.4, -0.2) is 51.3 Å². The van der Waals surface area contributed by atoms with Gasteiger partial charge in [0, 0.05) is 29.0 Å². The summed E-state index contributed by atoms with van der Waals surface area (Å²) in [5.74, 6) is -1.04. The number of hydrogen-bond acceptors (Lipinski definition) is 7.